The van der Waals surface area contributed by atoms with Crippen LogP contribution in [0.3, 0.4) is 0 Å². The Morgan fingerprint density at radius 1 is 1.25 bits per heavy atom. The molecule has 2 heteroatoms. The second kappa shape index (κ2) is 3.86. The Morgan fingerprint density at radius 3 is 2.94 bits per heavy atom. The molecule has 1 fully saturated rings. The van der Waals surface area contributed by atoms with Crippen molar-refractivity contribution in [2.24, 2.45) is 0 Å². The fourth-order valence-electron chi connectivity index (χ4n) is 2.34. The minimum atomic E-state index is -0.320. The average Bonchev–Trinajstić information content (AvgIpc) is 3.05. The highest BCUT2D eigenvalue weighted by Crippen LogP contribution is 2.39. The molecule has 1 aromatic rings. The quantitative estimate of drug-likeness (QED) is 0.843. The van der Waals surface area contributed by atoms with Crippen LogP contribution in [0.5, 0.6) is 0 Å². The number of ether oxygens (including phenoxy) is 1. The molecule has 1 aliphatic heterocycles. The third kappa shape index (κ3) is 2.13. The van der Waals surface area contributed by atoms with Crippen molar-refractivity contribution in [1.82, 2.24) is 0 Å². The maximum atomic E-state index is 9.81. The molecule has 0 saturated heterocycles. The van der Waals surface area contributed by atoms with Crippen molar-refractivity contribution in [2.45, 2.75) is 44.3 Å². The molecule has 1 heterocycles. The van der Waals surface area contributed by atoms with Gasteiger partial charge in [0, 0.05) is 0 Å². The normalized spacial score (nSPS) is 21.6. The molecular formula is C14H18O2. The van der Waals surface area contributed by atoms with Crippen molar-refractivity contribution in [2.75, 3.05) is 6.61 Å². The molecule has 1 saturated carbocycles. The first kappa shape index (κ1) is 10.3. The van der Waals surface area contributed by atoms with Crippen LogP contribution in [0.25, 0.3) is 0 Å². The van der Waals surface area contributed by atoms with Gasteiger partial charge in [-0.05, 0) is 48.8 Å². The maximum absolute atomic E-state index is 9.81. The number of fused-ring (bicyclic) bond motifs is 1. The largest absolute Gasteiger partial charge is 0.390 e. The van der Waals surface area contributed by atoms with Crippen molar-refractivity contribution in [1.29, 1.82) is 0 Å². The molecule has 0 spiro atoms. The summed E-state index contributed by atoms with van der Waals surface area (Å²) in [7, 11) is 0. The van der Waals surface area contributed by atoms with E-state index in [9.17, 15) is 5.11 Å². The molecule has 0 amide bonds. The first-order valence-electron chi connectivity index (χ1n) is 6.16. The Bertz CT molecular complexity index is 394. The predicted molar refractivity (Wildman–Crippen MR) is 62.3 cm³/mol. The molecule has 2 nitrogen and oxygen atoms in total. The van der Waals surface area contributed by atoms with E-state index in [-0.39, 0.29) is 5.60 Å². The molecule has 0 radical (unpaired) electrons. The lowest BCUT2D eigenvalue weighted by molar-refractivity contribution is 0.110. The number of hydrogen-bond acceptors (Lipinski definition) is 2. The first-order valence-corrected chi connectivity index (χ1v) is 6.16. The number of hydrogen-bond donors (Lipinski definition) is 1. The van der Waals surface area contributed by atoms with Gasteiger partial charge in [-0.15, -0.1) is 0 Å². The van der Waals surface area contributed by atoms with Crippen LogP contribution in [0.4, 0.5) is 0 Å². The van der Waals surface area contributed by atoms with Crippen molar-refractivity contribution in [3.8, 4) is 0 Å². The zero-order valence-electron chi connectivity index (χ0n) is 9.54. The predicted octanol–water partition coefficient (Wildman–Crippen LogP) is 2.22. The van der Waals surface area contributed by atoms with Crippen molar-refractivity contribution in [3.05, 3.63) is 34.9 Å². The second-order valence-corrected chi connectivity index (χ2v) is 5.13. The highest BCUT2D eigenvalue weighted by molar-refractivity contribution is 5.33. The van der Waals surface area contributed by atoms with E-state index >= 15 is 0 Å². The van der Waals surface area contributed by atoms with E-state index in [0.29, 0.717) is 0 Å². The third-order valence-electron chi connectivity index (χ3n) is 3.75. The van der Waals surface area contributed by atoms with Gasteiger partial charge in [-0.25, -0.2) is 0 Å². The van der Waals surface area contributed by atoms with E-state index < -0.39 is 0 Å². The minimum absolute atomic E-state index is 0.320. The summed E-state index contributed by atoms with van der Waals surface area (Å²) in [6.45, 7) is 1.61. The zero-order valence-corrected chi connectivity index (χ0v) is 9.54. The molecule has 2 aliphatic rings. The molecule has 0 unspecified atom stereocenters. The molecule has 3 rings (SSSR count). The molecular weight excluding hydrogens is 200 g/mol. The summed E-state index contributed by atoms with van der Waals surface area (Å²) >= 11 is 0. The van der Waals surface area contributed by atoms with E-state index in [4.69, 9.17) is 4.74 Å². The maximum Gasteiger partial charge on any atom is 0.0719 e. The fraction of sp³-hybridized carbons (Fsp3) is 0.571. The van der Waals surface area contributed by atoms with Gasteiger partial charge in [0.2, 0.25) is 0 Å². The topological polar surface area (TPSA) is 29.5 Å². The SMILES string of the molecule is OC1(CCc2ccc3c(c2)CCOC3)CC1. The summed E-state index contributed by atoms with van der Waals surface area (Å²) in [5.74, 6) is 0. The summed E-state index contributed by atoms with van der Waals surface area (Å²) in [5, 5.41) is 9.81. The van der Waals surface area contributed by atoms with Gasteiger partial charge < -0.3 is 9.84 Å². The van der Waals surface area contributed by atoms with Crippen LogP contribution < -0.4 is 0 Å². The van der Waals surface area contributed by atoms with Gasteiger partial charge in [-0.1, -0.05) is 18.2 Å². The van der Waals surface area contributed by atoms with Crippen LogP contribution in [0.1, 0.15) is 36.0 Å². The lowest BCUT2D eigenvalue weighted by atomic mass is 9.97. The van der Waals surface area contributed by atoms with Crippen LogP contribution in [0.15, 0.2) is 18.2 Å². The summed E-state index contributed by atoms with van der Waals surface area (Å²) in [4.78, 5) is 0. The van der Waals surface area contributed by atoms with Gasteiger partial charge in [0.05, 0.1) is 18.8 Å². The van der Waals surface area contributed by atoms with Crippen molar-refractivity contribution < 1.29 is 9.84 Å². The van der Waals surface area contributed by atoms with Crippen LogP contribution >= 0.6 is 0 Å². The Balaban J connectivity index is 1.70. The van der Waals surface area contributed by atoms with Gasteiger partial charge >= 0.3 is 0 Å². The third-order valence-corrected chi connectivity index (χ3v) is 3.75. The fourth-order valence-corrected chi connectivity index (χ4v) is 2.34. The van der Waals surface area contributed by atoms with E-state index in [1.54, 1.807) is 0 Å². The highest BCUT2D eigenvalue weighted by Gasteiger charge is 2.39. The van der Waals surface area contributed by atoms with E-state index in [1.165, 1.54) is 16.7 Å². The zero-order chi connectivity index (χ0) is 11.0. The standard InChI is InChI=1S/C14H18O2/c15-14(6-7-14)5-3-11-1-2-13-10-16-8-4-12(13)9-11/h1-2,9,15H,3-8,10H2. The molecule has 86 valence electrons. The summed E-state index contributed by atoms with van der Waals surface area (Å²) in [6, 6.07) is 6.66. The Kier molecular flexibility index (Phi) is 2.49. The average molecular weight is 218 g/mol. The summed E-state index contributed by atoms with van der Waals surface area (Å²) in [6.07, 6.45) is 4.94. The van der Waals surface area contributed by atoms with Gasteiger partial charge in [0.1, 0.15) is 0 Å². The molecule has 1 aromatic carbocycles. The van der Waals surface area contributed by atoms with Crippen LogP contribution in [-0.2, 0) is 24.2 Å². The lowest BCUT2D eigenvalue weighted by Crippen LogP contribution is -2.11. The molecule has 0 aromatic heterocycles. The monoisotopic (exact) mass is 218 g/mol. The first-order chi connectivity index (χ1) is 7.75. The molecule has 0 atom stereocenters. The smallest absolute Gasteiger partial charge is 0.0719 e. The van der Waals surface area contributed by atoms with Gasteiger partial charge in [0.25, 0.3) is 0 Å². The van der Waals surface area contributed by atoms with Crippen LogP contribution in [0.2, 0.25) is 0 Å². The second-order valence-electron chi connectivity index (χ2n) is 5.13. The lowest BCUT2D eigenvalue weighted by Gasteiger charge is -2.17. The summed E-state index contributed by atoms with van der Waals surface area (Å²) < 4.78 is 5.42. The molecule has 1 aliphatic carbocycles. The van der Waals surface area contributed by atoms with Crippen molar-refractivity contribution in [3.63, 3.8) is 0 Å². The van der Waals surface area contributed by atoms with Gasteiger partial charge in [-0.2, -0.15) is 0 Å². The Hall–Kier alpha value is -0.860. The number of benzene rings is 1. The number of aliphatic hydroxyl groups is 1. The Labute approximate surface area is 96.2 Å². The van der Waals surface area contributed by atoms with Gasteiger partial charge in [-0.3, -0.25) is 0 Å². The summed E-state index contributed by atoms with van der Waals surface area (Å²) in [5.41, 5.74) is 3.81. The van der Waals surface area contributed by atoms with Crippen molar-refractivity contribution >= 4 is 0 Å². The van der Waals surface area contributed by atoms with E-state index in [1.807, 2.05) is 0 Å². The Morgan fingerprint density at radius 2 is 2.12 bits per heavy atom. The van der Waals surface area contributed by atoms with Crippen LogP contribution in [0, 0.1) is 0 Å². The van der Waals surface area contributed by atoms with E-state index in [0.717, 1.165) is 45.3 Å². The molecule has 16 heavy (non-hydrogen) atoms. The minimum Gasteiger partial charge on any atom is -0.390 e. The molecule has 1 N–H and O–H groups in total. The number of rotatable bonds is 3. The number of aryl methyl sites for hydroxylation is 1. The molecule has 0 bridgehead atoms. The van der Waals surface area contributed by atoms with Crippen LogP contribution in [-0.4, -0.2) is 17.3 Å². The highest BCUT2D eigenvalue weighted by atomic mass is 16.5. The van der Waals surface area contributed by atoms with Gasteiger partial charge in [0.15, 0.2) is 0 Å². The van der Waals surface area contributed by atoms with E-state index in [2.05, 4.69) is 18.2 Å².